The quantitative estimate of drug-likeness (QED) is 0.0142. The normalized spacial score (nSPS) is 22.9. The molecule has 0 bridgehead atoms. The molecule has 5 atom stereocenters. The van der Waals surface area contributed by atoms with Gasteiger partial charge in [0.1, 0.15) is 39.0 Å². The predicted octanol–water partition coefficient (Wildman–Crippen LogP) is 5.96. The Labute approximate surface area is 796 Å². The van der Waals surface area contributed by atoms with Crippen molar-refractivity contribution < 1.29 is 122 Å². The van der Waals surface area contributed by atoms with Gasteiger partial charge in [0.15, 0.2) is 5.78 Å². The van der Waals surface area contributed by atoms with Gasteiger partial charge in [0.25, 0.3) is 41.1 Å². The summed E-state index contributed by atoms with van der Waals surface area (Å²) < 4.78 is 1.21. The number of nitro groups is 1. The van der Waals surface area contributed by atoms with E-state index in [0.717, 1.165) is 117 Å². The molecule has 7 aliphatic carbocycles. The summed E-state index contributed by atoms with van der Waals surface area (Å²) in [5, 5.41) is 64.6. The third kappa shape index (κ3) is 23.8. The van der Waals surface area contributed by atoms with Crippen LogP contribution in [-0.4, -0.2) is 150 Å². The number of amides is 18. The van der Waals surface area contributed by atoms with Crippen molar-refractivity contribution in [3.05, 3.63) is 242 Å². The van der Waals surface area contributed by atoms with Crippen LogP contribution in [-0.2, 0) is 123 Å². The number of hydrogen-bond acceptors (Lipinski definition) is 21. The third-order valence-electron chi connectivity index (χ3n) is 26.4. The molecule has 6 heterocycles. The zero-order chi connectivity index (χ0) is 93.5. The Kier molecular flexibility index (Phi) is 33.8. The molecule has 13 aliphatic rings. The fourth-order valence-corrected chi connectivity index (χ4v) is 19.5. The Bertz CT molecular complexity index is 5370. The molecule has 18 amide bonds. The zero-order valence-corrected chi connectivity index (χ0v) is 77.9. The molecule has 0 saturated carbocycles. The molecule has 7 aromatic carbocycles. The number of aliphatic hydroxyl groups is 1. The van der Waals surface area contributed by atoms with Crippen molar-refractivity contribution in [3.63, 3.8) is 0 Å². The second kappa shape index (κ2) is 44.0. The third-order valence-corrected chi connectivity index (χ3v) is 27.1. The fourth-order valence-electron chi connectivity index (χ4n) is 18.9. The number of halogens is 1. The number of non-ortho nitro benzene ring substituents is 1. The maximum absolute atomic E-state index is 12.0. The standard InChI is InChI=1S/C15H16N2O3.C14H14N2O4.C13H13IN2O2.C13H13N3O4.C13H15N3O2.C13H14N2O2.C11H12O.C2H3N.CH4O.Na.H2O/c1-9(18)11-3-2-10-4-6-15(7-5-12(10)8-11)13(19)16-14(20)17-15;17-11(18)10-2-1-8-3-5-14(6-4-9(8)7-10)12(19)15-13(20)16-14;14-10-2-1-8-3-5-13(6-4-9(8)7-10)11(17)15-12(18)16-13;17-11-13(15-12(18)14-11)5-3-8-1-2-10(16(19)20)7-9(8)4-6-13;14-10-2-1-8-3-5-13(6-4-9(8)7-10)11(17)15-12(18)16-13;16-11-13(15-12(17)14-11)7-5-9-3-1-2-4-10(9)6-8-13;12-11-7-5-9-3-1-2-4-10(9)6-8-11;1-2-3;1-2;;/h2-3,8H,4-7H2,1H3,(H2,16,17,19,20);1-2,7H,3-6H2,(H,17,18)(H2,15,16,19,20);1-2,7H,3-6H2,(H2,15,16,17,18);1-2,7H,3-6H2,(H2,14,15,17,18);1-2,7H,3-6,14H2,(H2,15,16,17,18);1-4H,5-8H2,(H2,14,15,16,17);1-4H,5-8H2;1H3;2H,1H3;;1H2/q;;;;;;;;;+1;/p-1. The van der Waals surface area contributed by atoms with Crippen molar-refractivity contribution in [1.82, 2.24) is 63.8 Å². The number of fused-ring (bicyclic) bond motifs is 7. The zero-order valence-electron chi connectivity index (χ0n) is 73.7. The van der Waals surface area contributed by atoms with Gasteiger partial charge in [-0.1, -0.05) is 84.9 Å². The van der Waals surface area contributed by atoms with Gasteiger partial charge >= 0.3 is 71.7 Å². The number of carboxylic acids is 1. The molecule has 0 radical (unpaired) electrons. The molecular weight excluding hydrogens is 1820 g/mol. The number of aromatic carboxylic acids is 1. The largest absolute Gasteiger partial charge is 1.00 e. The number of urea groups is 6. The van der Waals surface area contributed by atoms with Crippen molar-refractivity contribution in [2.24, 2.45) is 0 Å². The summed E-state index contributed by atoms with van der Waals surface area (Å²) in [5.74, 6) is -1.87. The molecule has 17 N–H and O–H groups in total. The van der Waals surface area contributed by atoms with E-state index in [0.29, 0.717) is 121 Å². The van der Waals surface area contributed by atoms with E-state index in [9.17, 15) is 82.0 Å². The summed E-state index contributed by atoms with van der Waals surface area (Å²) >= 11 is 2.30. The second-order valence-electron chi connectivity index (χ2n) is 34.2. The molecule has 6 aliphatic heterocycles. The van der Waals surface area contributed by atoms with E-state index >= 15 is 0 Å². The number of anilines is 1. The first kappa shape index (κ1) is 101. The molecule has 37 heteroatoms. The summed E-state index contributed by atoms with van der Waals surface area (Å²) in [6.45, 7) is 2.98. The fraction of sp³-hybridized carbons (Fsp3) is 0.389. The average molecular weight is 1930 g/mol. The predicted molar refractivity (Wildman–Crippen MR) is 485 cm³/mol. The number of ketones is 2. The minimum Gasteiger partial charge on any atom is -0.870 e. The molecule has 6 saturated heterocycles. The van der Waals surface area contributed by atoms with Gasteiger partial charge in [-0.15, -0.1) is 0 Å². The monoisotopic (exact) mass is 1930 g/mol. The van der Waals surface area contributed by atoms with Crippen LogP contribution in [0.3, 0.4) is 0 Å². The van der Waals surface area contributed by atoms with Crippen LogP contribution in [0, 0.1) is 25.0 Å². The van der Waals surface area contributed by atoms with E-state index in [1.807, 2.05) is 48.5 Å². The number of rotatable bonds is 3. The maximum Gasteiger partial charge on any atom is 1.00 e. The van der Waals surface area contributed by atoms with Crippen LogP contribution in [0.25, 0.3) is 0 Å². The number of nitrogens with zero attached hydrogens (tertiary/aromatic N) is 2. The van der Waals surface area contributed by atoms with Crippen LogP contribution >= 0.6 is 22.6 Å². The number of carbonyl (C=O) groups excluding carboxylic acids is 14. The smallest absolute Gasteiger partial charge is 0.870 e. The number of aryl methyl sites for hydroxylation is 14. The number of carbonyl (C=O) groups is 15. The summed E-state index contributed by atoms with van der Waals surface area (Å²) in [7, 11) is 1.00. The van der Waals surface area contributed by atoms with Gasteiger partial charge in [-0.25, -0.2) is 33.6 Å². The van der Waals surface area contributed by atoms with E-state index in [-0.39, 0.29) is 106 Å². The number of nitrogen functional groups attached to an aromatic ring is 1. The topological polar surface area (TPSA) is 564 Å². The number of imide groups is 6. The van der Waals surface area contributed by atoms with Crippen LogP contribution < -0.4 is 99.1 Å². The first-order chi connectivity index (χ1) is 62.1. The Morgan fingerprint density at radius 3 is 0.879 bits per heavy atom. The molecule has 6 fully saturated rings. The number of Topliss-reactive ketones (excluding diaryl/α,β-unsaturated/α-hetero) is 2. The van der Waals surface area contributed by atoms with Crippen LogP contribution in [0.15, 0.2) is 140 Å². The van der Waals surface area contributed by atoms with Crippen molar-refractivity contribution in [3.8, 4) is 6.07 Å². The molecule has 132 heavy (non-hydrogen) atoms. The van der Waals surface area contributed by atoms with Gasteiger partial charge in [-0.3, -0.25) is 80.4 Å². The SMILES string of the molecule is CC#N.CC(=O)c1ccc2c(c1)CCC1(CC2)NC(=O)NC1=O.CO.Nc1ccc2c(c1)CCC1(CC2)NC(=O)NC1=O.O=C1CCc2ccccc2CC1.O=C1NC(=O)C2(CCc3ccc(C(=O)O)cc3CC2)N1.O=C1NC(=O)C2(CCc3ccc(I)cc3CC2)N1.O=C1NC(=O)C2(CCc3ccc([N+](=O)[O-])cc3CC2)N1.O=C1NC(=O)C2(CCc3ccccc3CC2)N1.[Na+].[OH-]. The number of nitro benzene ring substituents is 1. The Balaban J connectivity index is 0.000000159. The Morgan fingerprint density at radius 1 is 0.364 bits per heavy atom. The van der Waals surface area contributed by atoms with E-state index in [1.165, 1.54) is 61.1 Å². The number of nitrogens with one attached hydrogen (secondary N) is 12. The van der Waals surface area contributed by atoms with Gasteiger partial charge in [0.05, 0.1) is 16.6 Å². The van der Waals surface area contributed by atoms with Crippen LogP contribution in [0.4, 0.5) is 40.1 Å². The van der Waals surface area contributed by atoms with Gasteiger partial charge in [-0.05, 0) is 317 Å². The van der Waals surface area contributed by atoms with Crippen molar-refractivity contribution >= 4 is 123 Å². The number of nitriles is 1. The Hall–Kier alpha value is -12.7. The molecule has 5 unspecified atom stereocenters. The minimum absolute atomic E-state index is 0. The van der Waals surface area contributed by atoms with Crippen LogP contribution in [0.1, 0.15) is 202 Å². The summed E-state index contributed by atoms with van der Waals surface area (Å²) in [6, 6.07) is 43.7. The number of benzene rings is 7. The molecule has 688 valence electrons. The van der Waals surface area contributed by atoms with E-state index in [2.05, 4.69) is 141 Å². The number of nitrogens with two attached hydrogens (primary N) is 1. The summed E-state index contributed by atoms with van der Waals surface area (Å²) in [6.07, 6.45) is 19.1. The van der Waals surface area contributed by atoms with Crippen molar-refractivity contribution in [2.75, 3.05) is 12.8 Å². The minimum atomic E-state index is -0.960. The van der Waals surface area contributed by atoms with Crippen molar-refractivity contribution in [2.45, 2.75) is 227 Å². The van der Waals surface area contributed by atoms with E-state index in [4.69, 9.17) is 21.2 Å². The first-order valence-electron chi connectivity index (χ1n) is 43.3. The maximum atomic E-state index is 12.0. The summed E-state index contributed by atoms with van der Waals surface area (Å²) in [5.41, 5.74) is 19.3. The van der Waals surface area contributed by atoms with Gasteiger partial charge in [-0.2, -0.15) is 5.26 Å². The van der Waals surface area contributed by atoms with E-state index < -0.39 is 62.2 Å². The summed E-state index contributed by atoms with van der Waals surface area (Å²) in [4.78, 5) is 183. The van der Waals surface area contributed by atoms with Gasteiger partial charge in [0, 0.05) is 53.8 Å². The molecule has 6 spiro atoms. The Morgan fingerprint density at radius 2 is 0.598 bits per heavy atom. The number of hydrogen-bond donors (Lipinski definition) is 15. The molecule has 0 aromatic heterocycles. The van der Waals surface area contributed by atoms with Gasteiger partial charge < -0.3 is 53.3 Å². The van der Waals surface area contributed by atoms with E-state index in [1.54, 1.807) is 43.3 Å². The van der Waals surface area contributed by atoms with Crippen molar-refractivity contribution in [1.29, 1.82) is 5.26 Å². The molecule has 35 nitrogen and oxygen atoms in total. The number of aliphatic hydroxyl groups excluding tert-OH is 1. The van der Waals surface area contributed by atoms with Crippen LogP contribution in [0.5, 0.6) is 0 Å². The van der Waals surface area contributed by atoms with Gasteiger partial charge in [0.2, 0.25) is 0 Å². The first-order valence-corrected chi connectivity index (χ1v) is 44.3. The molecule has 7 aromatic rings. The molecule has 20 rings (SSSR count). The second-order valence-corrected chi connectivity index (χ2v) is 35.5. The molecular formula is C95H105IN15NaO20. The number of carboxylic acid groups (broad SMARTS) is 1. The van der Waals surface area contributed by atoms with Crippen LogP contribution in [0.2, 0.25) is 0 Å². The average Bonchev–Trinajstić information content (AvgIpc) is 1.60.